The molecule has 0 aliphatic carbocycles. The van der Waals surface area contributed by atoms with Crippen LogP contribution in [0.1, 0.15) is 19.0 Å². The van der Waals surface area contributed by atoms with Crippen LogP contribution < -0.4 is 5.56 Å². The summed E-state index contributed by atoms with van der Waals surface area (Å²) < 4.78 is 1.39. The van der Waals surface area contributed by atoms with Gasteiger partial charge >= 0.3 is 5.97 Å². The Kier molecular flexibility index (Phi) is 3.33. The van der Waals surface area contributed by atoms with E-state index in [1.165, 1.54) is 10.9 Å². The van der Waals surface area contributed by atoms with E-state index in [9.17, 15) is 9.59 Å². The minimum atomic E-state index is -0.946. The van der Waals surface area contributed by atoms with Gasteiger partial charge in [0, 0.05) is 13.0 Å². The summed E-state index contributed by atoms with van der Waals surface area (Å²) in [6.45, 7) is 2.32. The minimum absolute atomic E-state index is 0.0996. The second-order valence-electron chi connectivity index (χ2n) is 2.76. The summed E-state index contributed by atoms with van der Waals surface area (Å²) in [7, 11) is 0. The third kappa shape index (κ3) is 2.38. The number of carbonyl (C=O) groups is 1. The number of hydrogen-bond donors (Lipinski definition) is 1. The molecule has 0 aromatic carbocycles. The molecule has 0 saturated carbocycles. The molecule has 1 aromatic rings. The Bertz CT molecular complexity index is 386. The van der Waals surface area contributed by atoms with Gasteiger partial charge in [0.15, 0.2) is 0 Å². The zero-order valence-electron chi connectivity index (χ0n) is 7.80. The van der Waals surface area contributed by atoms with E-state index in [1.807, 2.05) is 6.92 Å². The smallest absolute Gasteiger partial charge is 0.303 e. The predicted molar refractivity (Wildman–Crippen MR) is 47.9 cm³/mol. The first kappa shape index (κ1) is 10.4. The van der Waals surface area contributed by atoms with Gasteiger partial charge in [-0.25, -0.2) is 0 Å². The quantitative estimate of drug-likeness (QED) is 0.714. The van der Waals surface area contributed by atoms with Crippen molar-refractivity contribution in [1.29, 1.82) is 0 Å². The van der Waals surface area contributed by atoms with Crippen molar-refractivity contribution >= 4 is 5.97 Å². The highest BCUT2D eigenvalue weighted by atomic mass is 16.4. The van der Waals surface area contributed by atoms with Crippen molar-refractivity contribution in [3.8, 4) is 0 Å². The van der Waals surface area contributed by atoms with E-state index < -0.39 is 5.97 Å². The summed E-state index contributed by atoms with van der Waals surface area (Å²) in [5, 5.41) is 15.7. The van der Waals surface area contributed by atoms with Crippen LogP contribution in [0.5, 0.6) is 0 Å². The molecule has 0 radical (unpaired) electrons. The first-order valence-corrected chi connectivity index (χ1v) is 4.28. The van der Waals surface area contributed by atoms with Gasteiger partial charge in [0.2, 0.25) is 0 Å². The van der Waals surface area contributed by atoms with Crippen LogP contribution in [0.15, 0.2) is 11.1 Å². The third-order valence-electron chi connectivity index (χ3n) is 1.79. The molecule has 1 heterocycles. The van der Waals surface area contributed by atoms with E-state index in [-0.39, 0.29) is 24.1 Å². The molecule has 6 nitrogen and oxygen atoms in total. The maximum Gasteiger partial charge on any atom is 0.303 e. The number of hydrogen-bond acceptors (Lipinski definition) is 4. The van der Waals surface area contributed by atoms with E-state index in [2.05, 4.69) is 10.2 Å². The van der Waals surface area contributed by atoms with Crippen molar-refractivity contribution in [2.24, 2.45) is 0 Å². The molecule has 0 fully saturated rings. The summed E-state index contributed by atoms with van der Waals surface area (Å²) in [5.41, 5.74) is -0.0551. The second-order valence-corrected chi connectivity index (χ2v) is 2.76. The number of rotatable bonds is 4. The molecule has 0 saturated heterocycles. The van der Waals surface area contributed by atoms with Crippen LogP contribution in [0.4, 0.5) is 0 Å². The van der Waals surface area contributed by atoms with Crippen LogP contribution in [0.3, 0.4) is 0 Å². The molecule has 0 unspecified atom stereocenters. The van der Waals surface area contributed by atoms with Crippen molar-refractivity contribution in [2.45, 2.75) is 26.3 Å². The van der Waals surface area contributed by atoms with E-state index in [4.69, 9.17) is 5.11 Å². The molecule has 0 aliphatic heterocycles. The standard InChI is InChI=1S/C8H11N3O3/c1-2-11-5-9-10-6(8(11)14)3-4-7(12)13/h5H,2-4H2,1H3,(H,12,13). The monoisotopic (exact) mass is 197 g/mol. The molecule has 1 N–H and O–H groups in total. The van der Waals surface area contributed by atoms with Crippen molar-refractivity contribution in [3.05, 3.63) is 22.4 Å². The average Bonchev–Trinajstić information content (AvgIpc) is 2.16. The Balaban J connectivity index is 2.87. The highest BCUT2D eigenvalue weighted by Gasteiger charge is 2.06. The molecule has 0 aliphatic rings. The van der Waals surface area contributed by atoms with Gasteiger partial charge in [-0.15, -0.1) is 10.2 Å². The van der Waals surface area contributed by atoms with Crippen LogP contribution >= 0.6 is 0 Å². The molecule has 0 atom stereocenters. The molecule has 0 amide bonds. The predicted octanol–water partition coefficient (Wildman–Crippen LogP) is -0.325. The van der Waals surface area contributed by atoms with Gasteiger partial charge in [-0.2, -0.15) is 0 Å². The molecular weight excluding hydrogens is 186 g/mol. The highest BCUT2D eigenvalue weighted by molar-refractivity contribution is 5.66. The fraction of sp³-hybridized carbons (Fsp3) is 0.500. The van der Waals surface area contributed by atoms with Crippen molar-refractivity contribution in [2.75, 3.05) is 0 Å². The van der Waals surface area contributed by atoms with Gasteiger partial charge in [0.1, 0.15) is 12.0 Å². The second kappa shape index (κ2) is 4.50. The fourth-order valence-electron chi connectivity index (χ4n) is 1.03. The molecule has 1 aromatic heterocycles. The fourth-order valence-corrected chi connectivity index (χ4v) is 1.03. The van der Waals surface area contributed by atoms with E-state index in [1.54, 1.807) is 0 Å². The Morgan fingerprint density at radius 1 is 1.64 bits per heavy atom. The van der Waals surface area contributed by atoms with Gasteiger partial charge in [-0.1, -0.05) is 0 Å². The number of aryl methyl sites for hydroxylation is 2. The maximum atomic E-state index is 11.5. The van der Waals surface area contributed by atoms with Gasteiger partial charge in [0.05, 0.1) is 6.42 Å². The molecule has 1 rings (SSSR count). The Labute approximate surface area is 80.2 Å². The molecule has 0 spiro atoms. The van der Waals surface area contributed by atoms with E-state index in [0.29, 0.717) is 6.54 Å². The van der Waals surface area contributed by atoms with Crippen LogP contribution in [-0.4, -0.2) is 25.8 Å². The van der Waals surface area contributed by atoms with Gasteiger partial charge in [-0.05, 0) is 6.92 Å². The first-order valence-electron chi connectivity index (χ1n) is 4.28. The van der Waals surface area contributed by atoms with Crippen molar-refractivity contribution in [3.63, 3.8) is 0 Å². The summed E-state index contributed by atoms with van der Waals surface area (Å²) in [5.74, 6) is -0.946. The van der Waals surface area contributed by atoms with Crippen LogP contribution in [0, 0.1) is 0 Å². The number of carboxylic acids is 1. The van der Waals surface area contributed by atoms with Gasteiger partial charge in [0.25, 0.3) is 5.56 Å². The summed E-state index contributed by atoms with van der Waals surface area (Å²) in [4.78, 5) is 21.8. The lowest BCUT2D eigenvalue weighted by atomic mass is 10.2. The Hall–Kier alpha value is -1.72. The third-order valence-corrected chi connectivity index (χ3v) is 1.79. The van der Waals surface area contributed by atoms with Crippen molar-refractivity contribution < 1.29 is 9.90 Å². The summed E-state index contributed by atoms with van der Waals surface area (Å²) in [6, 6.07) is 0. The first-order chi connectivity index (χ1) is 6.65. The van der Waals surface area contributed by atoms with Crippen LogP contribution in [0.2, 0.25) is 0 Å². The van der Waals surface area contributed by atoms with Gasteiger partial charge < -0.3 is 5.11 Å². The van der Waals surface area contributed by atoms with Crippen LogP contribution in [0.25, 0.3) is 0 Å². The van der Waals surface area contributed by atoms with Gasteiger partial charge in [-0.3, -0.25) is 14.2 Å². The van der Waals surface area contributed by atoms with Crippen LogP contribution in [-0.2, 0) is 17.8 Å². The molecule has 0 bridgehead atoms. The largest absolute Gasteiger partial charge is 0.481 e. The Morgan fingerprint density at radius 2 is 2.36 bits per heavy atom. The maximum absolute atomic E-state index is 11.5. The topological polar surface area (TPSA) is 85.1 Å². The zero-order valence-corrected chi connectivity index (χ0v) is 7.80. The summed E-state index contributed by atoms with van der Waals surface area (Å²) >= 11 is 0. The summed E-state index contributed by atoms with van der Waals surface area (Å²) in [6.07, 6.45) is 1.37. The number of aliphatic carboxylic acids is 1. The molecular formula is C8H11N3O3. The lowest BCUT2D eigenvalue weighted by Crippen LogP contribution is -2.25. The molecule has 14 heavy (non-hydrogen) atoms. The number of carboxylic acid groups (broad SMARTS) is 1. The lowest BCUT2D eigenvalue weighted by molar-refractivity contribution is -0.136. The number of nitrogens with zero attached hydrogens (tertiary/aromatic N) is 3. The normalized spacial score (nSPS) is 10.1. The zero-order chi connectivity index (χ0) is 10.6. The average molecular weight is 197 g/mol. The highest BCUT2D eigenvalue weighted by Crippen LogP contribution is 1.91. The molecule has 76 valence electrons. The van der Waals surface area contributed by atoms with Crippen molar-refractivity contribution in [1.82, 2.24) is 14.8 Å². The molecule has 6 heteroatoms. The van der Waals surface area contributed by atoms with E-state index in [0.717, 1.165) is 0 Å². The Morgan fingerprint density at radius 3 is 2.93 bits per heavy atom. The SMILES string of the molecule is CCn1cnnc(CCC(=O)O)c1=O. The minimum Gasteiger partial charge on any atom is -0.481 e. The lowest BCUT2D eigenvalue weighted by Gasteiger charge is -2.01. The number of aromatic nitrogens is 3. The van der Waals surface area contributed by atoms with E-state index >= 15 is 0 Å².